The summed E-state index contributed by atoms with van der Waals surface area (Å²) < 4.78 is 10.7. The lowest BCUT2D eigenvalue weighted by Crippen LogP contribution is -2.47. The number of rotatable bonds is 5. The number of amides is 1. The van der Waals surface area contributed by atoms with Gasteiger partial charge in [0, 0.05) is 17.6 Å². The van der Waals surface area contributed by atoms with Crippen LogP contribution in [0.25, 0.3) is 0 Å². The average molecular weight is 356 g/mol. The zero-order chi connectivity index (χ0) is 17.7. The molecule has 0 aromatic heterocycles. The van der Waals surface area contributed by atoms with Gasteiger partial charge < -0.3 is 14.6 Å². The van der Waals surface area contributed by atoms with E-state index >= 15 is 0 Å². The van der Waals surface area contributed by atoms with Gasteiger partial charge in [-0.05, 0) is 37.5 Å². The summed E-state index contributed by atoms with van der Waals surface area (Å²) in [7, 11) is 0. The highest BCUT2D eigenvalue weighted by atomic mass is 35.5. The van der Waals surface area contributed by atoms with Crippen molar-refractivity contribution in [3.05, 3.63) is 28.8 Å². The van der Waals surface area contributed by atoms with E-state index in [4.69, 9.17) is 21.1 Å². The van der Waals surface area contributed by atoms with Gasteiger partial charge in [0.2, 0.25) is 0 Å². The lowest BCUT2D eigenvalue weighted by atomic mass is 9.97. The minimum atomic E-state index is -2.03. The van der Waals surface area contributed by atoms with Crippen LogP contribution in [-0.2, 0) is 14.3 Å². The van der Waals surface area contributed by atoms with E-state index in [0.29, 0.717) is 16.3 Å². The lowest BCUT2D eigenvalue weighted by molar-refractivity contribution is -0.232. The van der Waals surface area contributed by atoms with Crippen LogP contribution in [0.1, 0.15) is 44.6 Å². The average Bonchev–Trinajstić information content (AvgIpc) is 2.52. The maximum absolute atomic E-state index is 12.1. The first-order chi connectivity index (χ1) is 11.3. The smallest absolute Gasteiger partial charge is 0.414 e. The van der Waals surface area contributed by atoms with Crippen LogP contribution in [0.4, 0.5) is 10.5 Å². The number of carbonyl (C=O) groups is 2. The number of carboxylic acids is 1. The molecule has 1 aliphatic rings. The van der Waals surface area contributed by atoms with Gasteiger partial charge >= 0.3 is 17.8 Å². The van der Waals surface area contributed by atoms with Crippen molar-refractivity contribution in [1.82, 2.24) is 0 Å². The molecule has 1 aromatic rings. The molecule has 2 N–H and O–H groups in total. The van der Waals surface area contributed by atoms with Gasteiger partial charge in [0.25, 0.3) is 0 Å². The molecular formula is C17H22ClNO5. The number of halogens is 1. The first-order valence-electron chi connectivity index (χ1n) is 7.98. The van der Waals surface area contributed by atoms with Gasteiger partial charge in [-0.15, -0.1) is 0 Å². The quantitative estimate of drug-likeness (QED) is 0.767. The highest BCUT2D eigenvalue weighted by Gasteiger charge is 2.41. The van der Waals surface area contributed by atoms with Crippen LogP contribution in [0, 0.1) is 6.92 Å². The second-order valence-corrected chi connectivity index (χ2v) is 6.46. The third-order valence-electron chi connectivity index (χ3n) is 4.12. The zero-order valence-corrected chi connectivity index (χ0v) is 14.6. The van der Waals surface area contributed by atoms with Crippen LogP contribution in [-0.4, -0.2) is 29.1 Å². The Morgan fingerprint density at radius 1 is 1.29 bits per heavy atom. The Morgan fingerprint density at radius 3 is 2.58 bits per heavy atom. The standard InChI is InChI=1S/C17H22ClNO5/c1-11-13(18)9-6-10-14(11)19-16(22)24-17(2,15(20)21)23-12-7-4-3-5-8-12/h6,9-10,12H,3-5,7-8H2,1-2H3,(H,19,22)(H,20,21). The molecule has 7 heteroatoms. The molecule has 6 nitrogen and oxygen atoms in total. The van der Waals surface area contributed by atoms with Crippen molar-refractivity contribution < 1.29 is 24.2 Å². The third kappa shape index (κ3) is 4.61. The molecule has 0 bridgehead atoms. The van der Waals surface area contributed by atoms with Crippen LogP contribution in [0.5, 0.6) is 0 Å². The number of aliphatic carboxylic acids is 1. The summed E-state index contributed by atoms with van der Waals surface area (Å²) in [6, 6.07) is 5.03. The van der Waals surface area contributed by atoms with Gasteiger partial charge in [0.15, 0.2) is 0 Å². The third-order valence-corrected chi connectivity index (χ3v) is 4.53. The minimum Gasteiger partial charge on any atom is -0.476 e. The van der Waals surface area contributed by atoms with Crippen LogP contribution in [0.15, 0.2) is 18.2 Å². The monoisotopic (exact) mass is 355 g/mol. The molecule has 1 fully saturated rings. The molecule has 1 amide bonds. The minimum absolute atomic E-state index is 0.222. The summed E-state index contributed by atoms with van der Waals surface area (Å²) in [6.45, 7) is 2.99. The summed E-state index contributed by atoms with van der Waals surface area (Å²) in [6.07, 6.45) is 3.48. The lowest BCUT2D eigenvalue weighted by Gasteiger charge is -2.31. The number of carboxylic acid groups (broad SMARTS) is 1. The fraction of sp³-hybridized carbons (Fsp3) is 0.529. The number of ether oxygens (including phenoxy) is 2. The SMILES string of the molecule is Cc1c(Cl)cccc1NC(=O)OC(C)(OC1CCCCC1)C(=O)O. The Bertz CT molecular complexity index is 615. The molecule has 0 heterocycles. The largest absolute Gasteiger partial charge is 0.476 e. The van der Waals surface area contributed by atoms with E-state index in [9.17, 15) is 14.7 Å². The number of hydrogen-bond acceptors (Lipinski definition) is 4. The summed E-state index contributed by atoms with van der Waals surface area (Å²) in [5, 5.41) is 12.4. The van der Waals surface area contributed by atoms with Gasteiger partial charge in [0.05, 0.1) is 6.10 Å². The normalized spacial score (nSPS) is 17.8. The second kappa shape index (κ2) is 7.85. The molecule has 1 unspecified atom stereocenters. The Kier molecular flexibility index (Phi) is 6.07. The van der Waals surface area contributed by atoms with E-state index in [1.807, 2.05) is 0 Å². The molecule has 0 spiro atoms. The Balaban J connectivity index is 2.04. The summed E-state index contributed by atoms with van der Waals surface area (Å²) in [4.78, 5) is 23.7. The fourth-order valence-electron chi connectivity index (χ4n) is 2.67. The number of benzene rings is 1. The van der Waals surface area contributed by atoms with Crippen molar-refractivity contribution >= 4 is 29.4 Å². The number of hydrogen-bond donors (Lipinski definition) is 2. The molecule has 1 aliphatic carbocycles. The maximum Gasteiger partial charge on any atom is 0.414 e. The van der Waals surface area contributed by atoms with Crippen molar-refractivity contribution in [2.75, 3.05) is 5.32 Å². The van der Waals surface area contributed by atoms with Crippen LogP contribution in [0.2, 0.25) is 5.02 Å². The molecule has 24 heavy (non-hydrogen) atoms. The van der Waals surface area contributed by atoms with E-state index in [-0.39, 0.29) is 6.10 Å². The van der Waals surface area contributed by atoms with E-state index in [1.165, 1.54) is 6.92 Å². The molecule has 1 aromatic carbocycles. The van der Waals surface area contributed by atoms with Crippen molar-refractivity contribution in [3.63, 3.8) is 0 Å². The van der Waals surface area contributed by atoms with Gasteiger partial charge in [-0.25, -0.2) is 9.59 Å². The highest BCUT2D eigenvalue weighted by Crippen LogP contribution is 2.27. The van der Waals surface area contributed by atoms with Gasteiger partial charge in [-0.1, -0.05) is 36.9 Å². The van der Waals surface area contributed by atoms with E-state index < -0.39 is 17.8 Å². The van der Waals surface area contributed by atoms with Crippen molar-refractivity contribution in [2.45, 2.75) is 57.8 Å². The van der Waals surface area contributed by atoms with Crippen LogP contribution < -0.4 is 5.32 Å². The van der Waals surface area contributed by atoms with E-state index in [0.717, 1.165) is 32.1 Å². The molecule has 1 atom stereocenters. The van der Waals surface area contributed by atoms with Gasteiger partial charge in [-0.3, -0.25) is 5.32 Å². The van der Waals surface area contributed by atoms with E-state index in [1.54, 1.807) is 25.1 Å². The fourth-order valence-corrected chi connectivity index (χ4v) is 2.85. The summed E-state index contributed by atoms with van der Waals surface area (Å²) >= 11 is 6.00. The first-order valence-corrected chi connectivity index (χ1v) is 8.36. The van der Waals surface area contributed by atoms with Crippen molar-refractivity contribution in [3.8, 4) is 0 Å². The van der Waals surface area contributed by atoms with Crippen LogP contribution in [0.3, 0.4) is 0 Å². The topological polar surface area (TPSA) is 84.9 Å². The first kappa shape index (κ1) is 18.5. The summed E-state index contributed by atoms with van der Waals surface area (Å²) in [5.74, 6) is -3.37. The summed E-state index contributed by atoms with van der Waals surface area (Å²) in [5.41, 5.74) is 1.12. The van der Waals surface area contributed by atoms with Crippen LogP contribution >= 0.6 is 11.6 Å². The number of anilines is 1. The predicted octanol–water partition coefficient (Wildman–Crippen LogP) is 4.35. The Morgan fingerprint density at radius 2 is 1.96 bits per heavy atom. The molecule has 0 radical (unpaired) electrons. The van der Waals surface area contributed by atoms with Crippen molar-refractivity contribution in [1.29, 1.82) is 0 Å². The molecular weight excluding hydrogens is 334 g/mol. The predicted molar refractivity (Wildman–Crippen MR) is 90.3 cm³/mol. The number of nitrogens with one attached hydrogen (secondary N) is 1. The zero-order valence-electron chi connectivity index (χ0n) is 13.8. The highest BCUT2D eigenvalue weighted by molar-refractivity contribution is 6.31. The molecule has 0 aliphatic heterocycles. The number of carbonyl (C=O) groups excluding carboxylic acids is 1. The van der Waals surface area contributed by atoms with E-state index in [2.05, 4.69) is 5.32 Å². The molecule has 0 saturated heterocycles. The molecule has 2 rings (SSSR count). The second-order valence-electron chi connectivity index (χ2n) is 6.06. The Hall–Kier alpha value is -1.79. The molecule has 1 saturated carbocycles. The maximum atomic E-state index is 12.1. The van der Waals surface area contributed by atoms with Gasteiger partial charge in [0.1, 0.15) is 0 Å². The molecule has 132 valence electrons. The van der Waals surface area contributed by atoms with Gasteiger partial charge in [-0.2, -0.15) is 0 Å². The van der Waals surface area contributed by atoms with Crippen molar-refractivity contribution in [2.24, 2.45) is 0 Å². The Labute approximate surface area is 146 Å².